The molecular formula is C15H18N4O3S. The minimum absolute atomic E-state index is 0.0707. The van der Waals surface area contributed by atoms with Crippen LogP contribution in [0.15, 0.2) is 30.5 Å². The number of carbonyl (C=O) groups excluding carboxylic acids is 1. The molecule has 1 aromatic heterocycles. The average Bonchev–Trinajstić information content (AvgIpc) is 2.94. The van der Waals surface area contributed by atoms with Gasteiger partial charge in [-0.15, -0.1) is 11.3 Å². The molecule has 2 N–H and O–H groups in total. The van der Waals surface area contributed by atoms with E-state index in [1.807, 2.05) is 13.8 Å². The molecule has 0 aliphatic rings. The van der Waals surface area contributed by atoms with E-state index in [0.717, 1.165) is 9.88 Å². The number of aromatic nitrogens is 1. The lowest BCUT2D eigenvalue weighted by Crippen LogP contribution is -2.38. The molecule has 0 unspecified atom stereocenters. The highest BCUT2D eigenvalue weighted by molar-refractivity contribution is 7.11. The molecule has 0 bridgehead atoms. The predicted octanol–water partition coefficient (Wildman–Crippen LogP) is 2.96. The van der Waals surface area contributed by atoms with Crippen molar-refractivity contribution in [3.8, 4) is 0 Å². The number of para-hydroxylation sites is 1. The first-order valence-corrected chi connectivity index (χ1v) is 7.98. The monoisotopic (exact) mass is 334 g/mol. The number of carbonyl (C=O) groups is 1. The first-order valence-electron chi connectivity index (χ1n) is 7.16. The smallest absolute Gasteiger partial charge is 0.315 e. The van der Waals surface area contributed by atoms with Crippen molar-refractivity contribution in [1.82, 2.24) is 15.6 Å². The van der Waals surface area contributed by atoms with Crippen LogP contribution in [-0.4, -0.2) is 22.5 Å². The Morgan fingerprint density at radius 2 is 2.17 bits per heavy atom. The first-order chi connectivity index (χ1) is 11.0. The summed E-state index contributed by atoms with van der Waals surface area (Å²) in [6.45, 7) is 4.14. The third-order valence-corrected chi connectivity index (χ3v) is 4.32. The number of nitrogens with zero attached hydrogens (tertiary/aromatic N) is 2. The van der Waals surface area contributed by atoms with Gasteiger partial charge in [-0.2, -0.15) is 0 Å². The van der Waals surface area contributed by atoms with E-state index in [1.165, 1.54) is 17.4 Å². The number of rotatable bonds is 6. The lowest BCUT2D eigenvalue weighted by molar-refractivity contribution is -0.385. The molecule has 7 nitrogen and oxygen atoms in total. The van der Waals surface area contributed by atoms with Gasteiger partial charge in [0.25, 0.3) is 5.69 Å². The molecule has 23 heavy (non-hydrogen) atoms. The molecule has 8 heteroatoms. The van der Waals surface area contributed by atoms with Gasteiger partial charge in [0.15, 0.2) is 0 Å². The SMILES string of the molecule is Cc1cnc([C@@H](C)NC(=O)NCCc2ccccc2[N+](=O)[O-])s1. The zero-order valence-electron chi connectivity index (χ0n) is 12.9. The topological polar surface area (TPSA) is 97.2 Å². The third kappa shape index (κ3) is 4.75. The molecule has 0 fully saturated rings. The van der Waals surface area contributed by atoms with Gasteiger partial charge in [-0.1, -0.05) is 18.2 Å². The van der Waals surface area contributed by atoms with Crippen molar-refractivity contribution in [2.24, 2.45) is 0 Å². The Morgan fingerprint density at radius 3 is 2.83 bits per heavy atom. The van der Waals surface area contributed by atoms with Gasteiger partial charge < -0.3 is 10.6 Å². The molecule has 1 atom stereocenters. The van der Waals surface area contributed by atoms with E-state index in [2.05, 4.69) is 15.6 Å². The molecule has 1 heterocycles. The van der Waals surface area contributed by atoms with Crippen LogP contribution in [0.2, 0.25) is 0 Å². The minimum atomic E-state index is -0.414. The fourth-order valence-electron chi connectivity index (χ4n) is 2.09. The van der Waals surface area contributed by atoms with Crippen molar-refractivity contribution in [1.29, 1.82) is 0 Å². The van der Waals surface area contributed by atoms with Gasteiger partial charge in [0, 0.05) is 29.2 Å². The summed E-state index contributed by atoms with van der Waals surface area (Å²) in [5.41, 5.74) is 0.669. The number of nitro benzene ring substituents is 1. The summed E-state index contributed by atoms with van der Waals surface area (Å²) in [6.07, 6.45) is 2.17. The summed E-state index contributed by atoms with van der Waals surface area (Å²) >= 11 is 1.54. The molecular weight excluding hydrogens is 316 g/mol. The quantitative estimate of drug-likeness (QED) is 0.627. The highest BCUT2D eigenvalue weighted by atomic mass is 32.1. The van der Waals surface area contributed by atoms with Crippen molar-refractivity contribution in [3.63, 3.8) is 0 Å². The third-order valence-electron chi connectivity index (χ3n) is 3.23. The maximum Gasteiger partial charge on any atom is 0.315 e. The maximum atomic E-state index is 11.9. The molecule has 0 saturated heterocycles. The number of thiazole rings is 1. The highest BCUT2D eigenvalue weighted by Gasteiger charge is 2.14. The molecule has 0 spiro atoms. The second kappa shape index (κ2) is 7.68. The standard InChI is InChI=1S/C15H18N4O3S/c1-10-9-17-14(23-10)11(2)18-15(20)16-8-7-12-5-3-4-6-13(12)19(21)22/h3-6,9,11H,7-8H2,1-2H3,(H2,16,18,20)/t11-/m1/s1. The lowest BCUT2D eigenvalue weighted by atomic mass is 10.1. The van der Waals surface area contributed by atoms with Crippen LogP contribution in [-0.2, 0) is 6.42 Å². The Labute approximate surface area is 137 Å². The predicted molar refractivity (Wildman–Crippen MR) is 88.6 cm³/mol. The number of nitrogens with one attached hydrogen (secondary N) is 2. The summed E-state index contributed by atoms with van der Waals surface area (Å²) in [6, 6.07) is 6.03. The van der Waals surface area contributed by atoms with Gasteiger partial charge in [-0.25, -0.2) is 9.78 Å². The van der Waals surface area contributed by atoms with Crippen LogP contribution in [0, 0.1) is 17.0 Å². The van der Waals surface area contributed by atoms with Crippen molar-refractivity contribution in [2.45, 2.75) is 26.3 Å². The van der Waals surface area contributed by atoms with Crippen LogP contribution < -0.4 is 10.6 Å². The van der Waals surface area contributed by atoms with E-state index in [0.29, 0.717) is 18.5 Å². The summed E-state index contributed by atoms with van der Waals surface area (Å²) < 4.78 is 0. The molecule has 0 aliphatic heterocycles. The molecule has 2 aromatic rings. The lowest BCUT2D eigenvalue weighted by Gasteiger charge is -2.12. The van der Waals surface area contributed by atoms with E-state index in [-0.39, 0.29) is 17.8 Å². The number of amides is 2. The van der Waals surface area contributed by atoms with Gasteiger partial charge in [-0.3, -0.25) is 10.1 Å². The van der Waals surface area contributed by atoms with Crippen LogP contribution in [0.1, 0.15) is 28.4 Å². The number of hydrogen-bond donors (Lipinski definition) is 2. The Kier molecular flexibility index (Phi) is 5.64. The maximum absolute atomic E-state index is 11.9. The van der Waals surface area contributed by atoms with Gasteiger partial charge in [0.2, 0.25) is 0 Å². The number of benzene rings is 1. The fourth-order valence-corrected chi connectivity index (χ4v) is 2.87. The van der Waals surface area contributed by atoms with Crippen LogP contribution in [0.25, 0.3) is 0 Å². The van der Waals surface area contributed by atoms with Crippen LogP contribution >= 0.6 is 11.3 Å². The van der Waals surface area contributed by atoms with Crippen molar-refractivity contribution in [3.05, 3.63) is 56.0 Å². The summed E-state index contributed by atoms with van der Waals surface area (Å²) in [7, 11) is 0. The summed E-state index contributed by atoms with van der Waals surface area (Å²) in [5.74, 6) is 0. The van der Waals surface area contributed by atoms with E-state index in [1.54, 1.807) is 24.4 Å². The van der Waals surface area contributed by atoms with E-state index < -0.39 is 4.92 Å². The number of hydrogen-bond acceptors (Lipinski definition) is 5. The Hall–Kier alpha value is -2.48. The second-order valence-electron chi connectivity index (χ2n) is 5.07. The number of nitro groups is 1. The van der Waals surface area contributed by atoms with Crippen LogP contribution in [0.5, 0.6) is 0 Å². The zero-order chi connectivity index (χ0) is 16.8. The van der Waals surface area contributed by atoms with E-state index >= 15 is 0 Å². The van der Waals surface area contributed by atoms with Crippen LogP contribution in [0.4, 0.5) is 10.5 Å². The average molecular weight is 334 g/mol. The molecule has 0 saturated carbocycles. The highest BCUT2D eigenvalue weighted by Crippen LogP contribution is 2.19. The molecule has 0 radical (unpaired) electrons. The minimum Gasteiger partial charge on any atom is -0.338 e. The molecule has 2 rings (SSSR count). The Morgan fingerprint density at radius 1 is 1.43 bits per heavy atom. The molecule has 2 amide bonds. The summed E-state index contributed by atoms with van der Waals surface area (Å²) in [5, 5.41) is 17.3. The van der Waals surface area contributed by atoms with Gasteiger partial charge in [0.05, 0.1) is 11.0 Å². The van der Waals surface area contributed by atoms with Gasteiger partial charge in [-0.05, 0) is 20.3 Å². The Bertz CT molecular complexity index is 702. The van der Waals surface area contributed by atoms with Gasteiger partial charge >= 0.3 is 6.03 Å². The molecule has 122 valence electrons. The number of aryl methyl sites for hydroxylation is 1. The Balaban J connectivity index is 1.82. The fraction of sp³-hybridized carbons (Fsp3) is 0.333. The van der Waals surface area contributed by atoms with Crippen molar-refractivity contribution < 1.29 is 9.72 Å². The normalized spacial score (nSPS) is 11.7. The zero-order valence-corrected chi connectivity index (χ0v) is 13.7. The summed E-state index contributed by atoms with van der Waals surface area (Å²) in [4.78, 5) is 27.7. The molecule has 0 aliphatic carbocycles. The largest absolute Gasteiger partial charge is 0.338 e. The van der Waals surface area contributed by atoms with Crippen molar-refractivity contribution in [2.75, 3.05) is 6.54 Å². The number of urea groups is 1. The van der Waals surface area contributed by atoms with E-state index in [9.17, 15) is 14.9 Å². The van der Waals surface area contributed by atoms with Gasteiger partial charge in [0.1, 0.15) is 5.01 Å². The second-order valence-corrected chi connectivity index (χ2v) is 6.33. The van der Waals surface area contributed by atoms with E-state index in [4.69, 9.17) is 0 Å². The van der Waals surface area contributed by atoms with Crippen molar-refractivity contribution >= 4 is 23.1 Å². The van der Waals surface area contributed by atoms with Crippen LogP contribution in [0.3, 0.4) is 0 Å². The first kappa shape index (κ1) is 16.9. The molecule has 1 aromatic carbocycles.